The molecule has 1 spiro atoms. The van der Waals surface area contributed by atoms with E-state index in [-0.39, 0.29) is 18.3 Å². The fourth-order valence-electron chi connectivity index (χ4n) is 3.28. The van der Waals surface area contributed by atoms with Crippen molar-refractivity contribution in [2.24, 2.45) is 0 Å². The summed E-state index contributed by atoms with van der Waals surface area (Å²) in [4.78, 5) is 0. The fraction of sp³-hybridized carbons (Fsp3) is 0.846. The van der Waals surface area contributed by atoms with Crippen LogP contribution in [0.3, 0.4) is 0 Å². The molecule has 1 aromatic rings. The van der Waals surface area contributed by atoms with E-state index in [1.54, 1.807) is 0 Å². The number of hydrogen-bond donors (Lipinski definition) is 1. The average molecular weight is 251 g/mol. The van der Waals surface area contributed by atoms with Gasteiger partial charge in [0, 0.05) is 19.2 Å². The number of aliphatic hydroxyl groups excluding tert-OH is 1. The average Bonchev–Trinajstić information content (AvgIpc) is 3.06. The summed E-state index contributed by atoms with van der Waals surface area (Å²) in [6.45, 7) is 0.919. The van der Waals surface area contributed by atoms with Crippen molar-refractivity contribution in [3.63, 3.8) is 0 Å². The smallest absolute Gasteiger partial charge is 0.0849 e. The second-order valence-electron chi connectivity index (χ2n) is 5.57. The lowest BCUT2D eigenvalue weighted by Gasteiger charge is -2.23. The molecular formula is C13H21N3O2. The van der Waals surface area contributed by atoms with Crippen LogP contribution in [0, 0.1) is 0 Å². The topological polar surface area (TPSA) is 60.2 Å². The van der Waals surface area contributed by atoms with E-state index >= 15 is 0 Å². The molecule has 0 amide bonds. The van der Waals surface area contributed by atoms with Gasteiger partial charge in [0.05, 0.1) is 23.9 Å². The highest BCUT2D eigenvalue weighted by atomic mass is 16.5. The lowest BCUT2D eigenvalue weighted by Crippen LogP contribution is -2.26. The number of aromatic nitrogens is 3. The molecule has 1 aromatic heterocycles. The van der Waals surface area contributed by atoms with Crippen molar-refractivity contribution in [2.45, 2.75) is 63.2 Å². The lowest BCUT2D eigenvalue weighted by atomic mass is 9.98. The van der Waals surface area contributed by atoms with Gasteiger partial charge in [0.25, 0.3) is 0 Å². The minimum absolute atomic E-state index is 0.127. The Kier molecular flexibility index (Phi) is 3.35. The molecule has 0 radical (unpaired) electrons. The maximum absolute atomic E-state index is 8.85. The van der Waals surface area contributed by atoms with E-state index in [9.17, 15) is 0 Å². The minimum Gasteiger partial charge on any atom is -0.396 e. The van der Waals surface area contributed by atoms with Crippen LogP contribution >= 0.6 is 0 Å². The van der Waals surface area contributed by atoms with Gasteiger partial charge in [0.15, 0.2) is 0 Å². The van der Waals surface area contributed by atoms with E-state index in [4.69, 9.17) is 9.84 Å². The van der Waals surface area contributed by atoms with Gasteiger partial charge in [-0.1, -0.05) is 18.1 Å². The molecule has 1 unspecified atom stereocenters. The van der Waals surface area contributed by atoms with E-state index in [2.05, 4.69) is 10.3 Å². The number of hydrogen-bond acceptors (Lipinski definition) is 4. The van der Waals surface area contributed by atoms with Crippen molar-refractivity contribution in [3.05, 3.63) is 11.9 Å². The molecule has 100 valence electrons. The molecule has 1 N–H and O–H groups in total. The third kappa shape index (κ3) is 2.42. The van der Waals surface area contributed by atoms with Crippen LogP contribution in [0.1, 0.15) is 44.2 Å². The Labute approximate surface area is 107 Å². The second-order valence-corrected chi connectivity index (χ2v) is 5.57. The maximum Gasteiger partial charge on any atom is 0.0849 e. The van der Waals surface area contributed by atoms with Crippen molar-refractivity contribution in [1.29, 1.82) is 0 Å². The van der Waals surface area contributed by atoms with Crippen molar-refractivity contribution in [2.75, 3.05) is 6.61 Å². The largest absolute Gasteiger partial charge is 0.396 e. The van der Waals surface area contributed by atoms with Gasteiger partial charge >= 0.3 is 0 Å². The zero-order valence-electron chi connectivity index (χ0n) is 10.7. The lowest BCUT2D eigenvalue weighted by molar-refractivity contribution is -0.0430. The van der Waals surface area contributed by atoms with E-state index in [1.807, 2.05) is 10.9 Å². The molecule has 18 heavy (non-hydrogen) atoms. The van der Waals surface area contributed by atoms with Gasteiger partial charge in [0.2, 0.25) is 0 Å². The Morgan fingerprint density at radius 3 is 3.00 bits per heavy atom. The molecule has 1 atom stereocenters. The maximum atomic E-state index is 8.85. The van der Waals surface area contributed by atoms with Gasteiger partial charge in [-0.25, -0.2) is 4.68 Å². The van der Waals surface area contributed by atoms with Gasteiger partial charge in [-0.05, 0) is 25.7 Å². The number of nitrogens with zero attached hydrogens (tertiary/aromatic N) is 3. The van der Waals surface area contributed by atoms with Crippen LogP contribution in [0.5, 0.6) is 0 Å². The Hall–Kier alpha value is -0.940. The predicted molar refractivity (Wildman–Crippen MR) is 66.1 cm³/mol. The van der Waals surface area contributed by atoms with Gasteiger partial charge in [0.1, 0.15) is 0 Å². The Bertz CT molecular complexity index is 399. The van der Waals surface area contributed by atoms with E-state index in [0.717, 1.165) is 18.7 Å². The molecule has 5 heteroatoms. The van der Waals surface area contributed by atoms with Crippen LogP contribution in [0.15, 0.2) is 6.20 Å². The van der Waals surface area contributed by atoms with Crippen molar-refractivity contribution in [3.8, 4) is 0 Å². The quantitative estimate of drug-likeness (QED) is 0.876. The molecule has 2 aliphatic rings. The fourth-order valence-corrected chi connectivity index (χ4v) is 3.28. The molecule has 0 aromatic carbocycles. The van der Waals surface area contributed by atoms with Crippen molar-refractivity contribution in [1.82, 2.24) is 15.0 Å². The molecule has 0 bridgehead atoms. The number of rotatable bonds is 4. The number of aliphatic hydroxyl groups is 1. The molecule has 2 fully saturated rings. The number of ether oxygens (including phenoxy) is 1. The molecule has 1 aliphatic carbocycles. The normalized spacial score (nSPS) is 26.2. The summed E-state index contributed by atoms with van der Waals surface area (Å²) in [6.07, 6.45) is 10.2. The van der Waals surface area contributed by atoms with Crippen LogP contribution in [-0.2, 0) is 17.7 Å². The predicted octanol–water partition coefficient (Wildman–Crippen LogP) is 1.30. The summed E-state index contributed by atoms with van der Waals surface area (Å²) in [5.74, 6) is 0. The van der Waals surface area contributed by atoms with E-state index < -0.39 is 0 Å². The molecule has 3 rings (SSSR count). The molecular weight excluding hydrogens is 230 g/mol. The first-order valence-corrected chi connectivity index (χ1v) is 6.97. The molecule has 5 nitrogen and oxygen atoms in total. The zero-order chi connectivity index (χ0) is 12.4. The van der Waals surface area contributed by atoms with Gasteiger partial charge in [-0.3, -0.25) is 0 Å². The highest BCUT2D eigenvalue weighted by Crippen LogP contribution is 2.43. The Morgan fingerprint density at radius 1 is 1.39 bits per heavy atom. The summed E-state index contributed by atoms with van der Waals surface area (Å²) in [7, 11) is 0. The summed E-state index contributed by atoms with van der Waals surface area (Å²) < 4.78 is 8.10. The zero-order valence-corrected chi connectivity index (χ0v) is 10.7. The van der Waals surface area contributed by atoms with E-state index in [0.29, 0.717) is 6.42 Å². The van der Waals surface area contributed by atoms with Crippen LogP contribution in [0.25, 0.3) is 0 Å². The van der Waals surface area contributed by atoms with Gasteiger partial charge in [-0.15, -0.1) is 5.10 Å². The van der Waals surface area contributed by atoms with Crippen molar-refractivity contribution < 1.29 is 9.84 Å². The van der Waals surface area contributed by atoms with Crippen LogP contribution in [0.2, 0.25) is 0 Å². The third-order valence-corrected chi connectivity index (χ3v) is 4.20. The summed E-state index contributed by atoms with van der Waals surface area (Å²) in [6, 6.07) is 0. The van der Waals surface area contributed by atoms with Gasteiger partial charge in [-0.2, -0.15) is 0 Å². The van der Waals surface area contributed by atoms with E-state index in [1.165, 1.54) is 32.1 Å². The molecule has 1 aliphatic heterocycles. The summed E-state index contributed by atoms with van der Waals surface area (Å²) >= 11 is 0. The first-order valence-electron chi connectivity index (χ1n) is 6.97. The molecule has 2 heterocycles. The SMILES string of the molecule is OCCc1cn(CC2CCC3(CCCC3)O2)nn1. The second kappa shape index (κ2) is 4.97. The first kappa shape index (κ1) is 12.1. The Balaban J connectivity index is 1.56. The van der Waals surface area contributed by atoms with Crippen LogP contribution in [0.4, 0.5) is 0 Å². The van der Waals surface area contributed by atoms with Crippen LogP contribution < -0.4 is 0 Å². The van der Waals surface area contributed by atoms with Gasteiger partial charge < -0.3 is 9.84 Å². The third-order valence-electron chi connectivity index (χ3n) is 4.20. The summed E-state index contributed by atoms with van der Waals surface area (Å²) in [5.41, 5.74) is 1.05. The van der Waals surface area contributed by atoms with Crippen molar-refractivity contribution >= 4 is 0 Å². The standard InChI is InChI=1S/C13H21N3O2/c17-8-4-11-9-16(15-14-11)10-12-3-7-13(18-12)5-1-2-6-13/h9,12,17H,1-8,10H2. The van der Waals surface area contributed by atoms with Crippen LogP contribution in [-0.4, -0.2) is 38.4 Å². The summed E-state index contributed by atoms with van der Waals surface area (Å²) in [5, 5.41) is 17.0. The minimum atomic E-state index is 0.127. The molecule has 1 saturated heterocycles. The monoisotopic (exact) mass is 251 g/mol. The Morgan fingerprint density at radius 2 is 2.22 bits per heavy atom. The molecule has 1 saturated carbocycles. The highest BCUT2D eigenvalue weighted by molar-refractivity contribution is 4.95. The first-order chi connectivity index (χ1) is 8.80. The highest BCUT2D eigenvalue weighted by Gasteiger charge is 2.42.